The second-order valence-corrected chi connectivity index (χ2v) is 4.04. The molecular formula is C13H16N2O. The van der Waals surface area contributed by atoms with Crippen LogP contribution in [0.5, 0.6) is 0 Å². The van der Waals surface area contributed by atoms with Gasteiger partial charge in [0.1, 0.15) is 5.60 Å². The van der Waals surface area contributed by atoms with Gasteiger partial charge in [0.2, 0.25) is 0 Å². The molecule has 0 aliphatic carbocycles. The molecule has 1 aromatic carbocycles. The molecule has 0 spiro atoms. The van der Waals surface area contributed by atoms with Crippen LogP contribution in [0.25, 0.3) is 0 Å². The molecule has 0 bridgehead atoms. The summed E-state index contributed by atoms with van der Waals surface area (Å²) in [6.45, 7) is 4.01. The van der Waals surface area contributed by atoms with E-state index in [0.717, 1.165) is 17.0 Å². The number of aromatic amines is 1. The number of methoxy groups -OCH3 is 1. The van der Waals surface area contributed by atoms with E-state index in [1.54, 1.807) is 7.11 Å². The second-order valence-electron chi connectivity index (χ2n) is 4.04. The van der Waals surface area contributed by atoms with E-state index in [1.807, 2.05) is 50.2 Å². The number of nitrogens with zero attached hydrogens (tertiary/aromatic N) is 1. The summed E-state index contributed by atoms with van der Waals surface area (Å²) in [5, 5.41) is 7.23. The molecule has 0 aliphatic rings. The first kappa shape index (κ1) is 10.9. The number of benzene rings is 1. The van der Waals surface area contributed by atoms with Crippen LogP contribution in [0.15, 0.2) is 36.4 Å². The minimum Gasteiger partial charge on any atom is -0.367 e. The zero-order chi connectivity index (χ0) is 11.6. The topological polar surface area (TPSA) is 37.9 Å². The lowest BCUT2D eigenvalue weighted by Crippen LogP contribution is -2.26. The van der Waals surface area contributed by atoms with E-state index in [9.17, 15) is 0 Å². The number of rotatable bonds is 3. The van der Waals surface area contributed by atoms with Gasteiger partial charge in [0, 0.05) is 12.8 Å². The van der Waals surface area contributed by atoms with Crippen molar-refractivity contribution in [1.82, 2.24) is 10.2 Å². The Bertz CT molecular complexity index is 464. The summed E-state index contributed by atoms with van der Waals surface area (Å²) in [6, 6.07) is 12.1. The third-order valence-corrected chi connectivity index (χ3v) is 2.93. The van der Waals surface area contributed by atoms with Crippen molar-refractivity contribution in [3.05, 3.63) is 53.3 Å². The largest absolute Gasteiger partial charge is 0.367 e. The molecule has 1 aromatic heterocycles. The first-order valence-corrected chi connectivity index (χ1v) is 5.30. The molecule has 1 N–H and O–H groups in total. The van der Waals surface area contributed by atoms with Gasteiger partial charge in [0.25, 0.3) is 0 Å². The normalized spacial score (nSPS) is 14.7. The van der Waals surface area contributed by atoms with Crippen LogP contribution < -0.4 is 0 Å². The Balaban J connectivity index is 2.48. The minimum absolute atomic E-state index is 0.494. The molecule has 0 saturated carbocycles. The summed E-state index contributed by atoms with van der Waals surface area (Å²) < 4.78 is 5.64. The number of hydrogen-bond donors (Lipinski definition) is 1. The summed E-state index contributed by atoms with van der Waals surface area (Å²) in [4.78, 5) is 0. The van der Waals surface area contributed by atoms with Crippen molar-refractivity contribution in [2.24, 2.45) is 0 Å². The molecule has 1 atom stereocenters. The van der Waals surface area contributed by atoms with E-state index in [1.165, 1.54) is 0 Å². The quantitative estimate of drug-likeness (QED) is 0.856. The highest BCUT2D eigenvalue weighted by molar-refractivity contribution is 5.31. The van der Waals surface area contributed by atoms with E-state index in [-0.39, 0.29) is 0 Å². The maximum Gasteiger partial charge on any atom is 0.134 e. The molecule has 2 aromatic rings. The summed E-state index contributed by atoms with van der Waals surface area (Å²) in [5.41, 5.74) is 2.54. The van der Waals surface area contributed by atoms with Crippen molar-refractivity contribution in [3.8, 4) is 0 Å². The van der Waals surface area contributed by atoms with Gasteiger partial charge < -0.3 is 4.74 Å². The number of ether oxygens (including phenoxy) is 1. The average molecular weight is 216 g/mol. The van der Waals surface area contributed by atoms with Crippen LogP contribution >= 0.6 is 0 Å². The molecule has 0 radical (unpaired) electrons. The van der Waals surface area contributed by atoms with Gasteiger partial charge in [-0.05, 0) is 25.5 Å². The van der Waals surface area contributed by atoms with E-state index < -0.39 is 5.60 Å². The van der Waals surface area contributed by atoms with Crippen molar-refractivity contribution in [2.75, 3.05) is 7.11 Å². The van der Waals surface area contributed by atoms with E-state index >= 15 is 0 Å². The Hall–Kier alpha value is -1.61. The lowest BCUT2D eigenvalue weighted by atomic mass is 9.92. The summed E-state index contributed by atoms with van der Waals surface area (Å²) in [6.07, 6.45) is 0. The lowest BCUT2D eigenvalue weighted by molar-refractivity contribution is 0.0353. The van der Waals surface area contributed by atoms with Crippen LogP contribution in [-0.4, -0.2) is 17.3 Å². The molecule has 3 nitrogen and oxygen atoms in total. The minimum atomic E-state index is -0.494. The first-order chi connectivity index (χ1) is 7.66. The number of aromatic nitrogens is 2. The highest BCUT2D eigenvalue weighted by Gasteiger charge is 2.30. The molecule has 3 heteroatoms. The Morgan fingerprint density at radius 3 is 2.44 bits per heavy atom. The predicted molar refractivity (Wildman–Crippen MR) is 63.2 cm³/mol. The third-order valence-electron chi connectivity index (χ3n) is 2.93. The van der Waals surface area contributed by atoms with E-state index in [2.05, 4.69) is 10.2 Å². The Labute approximate surface area is 95.5 Å². The Morgan fingerprint density at radius 2 is 1.94 bits per heavy atom. The fraction of sp³-hybridized carbons (Fsp3) is 0.308. The van der Waals surface area contributed by atoms with Gasteiger partial charge in [-0.15, -0.1) is 0 Å². The zero-order valence-corrected chi connectivity index (χ0v) is 9.82. The molecule has 0 unspecified atom stereocenters. The molecule has 1 heterocycles. The van der Waals surface area contributed by atoms with Gasteiger partial charge in [-0.25, -0.2) is 0 Å². The number of hydrogen-bond acceptors (Lipinski definition) is 2. The molecule has 0 amide bonds. The van der Waals surface area contributed by atoms with Gasteiger partial charge >= 0.3 is 0 Å². The molecule has 16 heavy (non-hydrogen) atoms. The fourth-order valence-corrected chi connectivity index (χ4v) is 1.79. The summed E-state index contributed by atoms with van der Waals surface area (Å²) in [7, 11) is 1.71. The highest BCUT2D eigenvalue weighted by Crippen LogP contribution is 2.31. The van der Waals surface area contributed by atoms with Crippen LogP contribution in [0.3, 0.4) is 0 Å². The van der Waals surface area contributed by atoms with Crippen LogP contribution in [0, 0.1) is 6.92 Å². The fourth-order valence-electron chi connectivity index (χ4n) is 1.79. The molecule has 0 fully saturated rings. The van der Waals surface area contributed by atoms with Crippen molar-refractivity contribution in [1.29, 1.82) is 0 Å². The second kappa shape index (κ2) is 4.10. The van der Waals surface area contributed by atoms with E-state index in [4.69, 9.17) is 4.74 Å². The Kier molecular flexibility index (Phi) is 2.79. The molecule has 0 saturated heterocycles. The van der Waals surface area contributed by atoms with Gasteiger partial charge in [-0.3, -0.25) is 5.10 Å². The monoisotopic (exact) mass is 216 g/mol. The van der Waals surface area contributed by atoms with Gasteiger partial charge in [0.05, 0.1) is 5.69 Å². The Morgan fingerprint density at radius 1 is 1.25 bits per heavy atom. The van der Waals surface area contributed by atoms with Crippen molar-refractivity contribution in [2.45, 2.75) is 19.4 Å². The third kappa shape index (κ3) is 1.74. The number of nitrogens with one attached hydrogen (secondary N) is 1. The molecule has 2 rings (SSSR count). The van der Waals surface area contributed by atoms with Crippen LogP contribution in [0.4, 0.5) is 0 Å². The predicted octanol–water partition coefficient (Wildman–Crippen LogP) is 2.63. The maximum atomic E-state index is 5.64. The number of H-pyrrole nitrogens is 1. The van der Waals surface area contributed by atoms with Crippen molar-refractivity contribution in [3.63, 3.8) is 0 Å². The van der Waals surface area contributed by atoms with Crippen LogP contribution in [0.2, 0.25) is 0 Å². The van der Waals surface area contributed by atoms with Crippen molar-refractivity contribution >= 4 is 0 Å². The standard InChI is InChI=1S/C13H16N2O/c1-10-9-12(15-14-10)13(2,16-3)11-7-5-4-6-8-11/h4-9H,1-3H3,(H,14,15)/t13-/m1/s1. The molecule has 84 valence electrons. The van der Waals surface area contributed by atoms with E-state index in [0.29, 0.717) is 0 Å². The van der Waals surface area contributed by atoms with Gasteiger partial charge in [-0.2, -0.15) is 5.10 Å². The van der Waals surface area contributed by atoms with Crippen LogP contribution in [-0.2, 0) is 10.3 Å². The molecule has 0 aliphatic heterocycles. The average Bonchev–Trinajstić information content (AvgIpc) is 2.76. The highest BCUT2D eigenvalue weighted by atomic mass is 16.5. The molecular weight excluding hydrogens is 200 g/mol. The summed E-state index contributed by atoms with van der Waals surface area (Å²) >= 11 is 0. The lowest BCUT2D eigenvalue weighted by Gasteiger charge is -2.26. The van der Waals surface area contributed by atoms with Crippen molar-refractivity contribution < 1.29 is 4.74 Å². The maximum absolute atomic E-state index is 5.64. The number of aryl methyl sites for hydroxylation is 1. The van der Waals surface area contributed by atoms with Gasteiger partial charge in [0.15, 0.2) is 0 Å². The van der Waals surface area contributed by atoms with Crippen LogP contribution in [0.1, 0.15) is 23.9 Å². The smallest absolute Gasteiger partial charge is 0.134 e. The van der Waals surface area contributed by atoms with Gasteiger partial charge in [-0.1, -0.05) is 30.3 Å². The SMILES string of the molecule is CO[C@](C)(c1ccccc1)c1cc(C)[nH]n1. The summed E-state index contributed by atoms with van der Waals surface area (Å²) in [5.74, 6) is 0. The first-order valence-electron chi connectivity index (χ1n) is 5.30. The zero-order valence-electron chi connectivity index (χ0n) is 9.82.